The molecule has 100 valence electrons. The molecule has 6 atom stereocenters. The van der Waals surface area contributed by atoms with Gasteiger partial charge in [-0.2, -0.15) is 0 Å². The molecule has 2 aliphatic carbocycles. The standard InChI is InChI=1S/C14H20O4/c15-13(16)14(4-3-10-12(7-14)18-10)6-8-1-2-9-5-11(8)17-9/h8-12H,1-7H2,(H,15,16). The Morgan fingerprint density at radius 2 is 2.00 bits per heavy atom. The van der Waals surface area contributed by atoms with Gasteiger partial charge in [0, 0.05) is 6.42 Å². The molecule has 0 spiro atoms. The number of hydrogen-bond donors (Lipinski definition) is 1. The number of rotatable bonds is 3. The summed E-state index contributed by atoms with van der Waals surface area (Å²) in [6, 6.07) is 0. The Labute approximate surface area is 107 Å². The lowest BCUT2D eigenvalue weighted by Gasteiger charge is -2.49. The van der Waals surface area contributed by atoms with Gasteiger partial charge >= 0.3 is 5.97 Å². The first-order chi connectivity index (χ1) is 8.66. The molecule has 0 radical (unpaired) electrons. The normalized spacial score (nSPS) is 53.2. The van der Waals surface area contributed by atoms with Crippen LogP contribution >= 0.6 is 0 Å². The van der Waals surface area contributed by atoms with Gasteiger partial charge < -0.3 is 14.6 Å². The molecular weight excluding hydrogens is 232 g/mol. The molecule has 1 N–H and O–H groups in total. The van der Waals surface area contributed by atoms with E-state index in [0.29, 0.717) is 24.2 Å². The Morgan fingerprint density at radius 3 is 2.61 bits per heavy atom. The largest absolute Gasteiger partial charge is 0.481 e. The van der Waals surface area contributed by atoms with Gasteiger partial charge in [-0.1, -0.05) is 0 Å². The van der Waals surface area contributed by atoms with E-state index in [1.54, 1.807) is 0 Å². The summed E-state index contributed by atoms with van der Waals surface area (Å²) in [5.41, 5.74) is -0.534. The Kier molecular flexibility index (Phi) is 2.31. The van der Waals surface area contributed by atoms with Crippen LogP contribution < -0.4 is 0 Å². The van der Waals surface area contributed by atoms with Crippen molar-refractivity contribution in [3.05, 3.63) is 0 Å². The fourth-order valence-corrected chi connectivity index (χ4v) is 4.29. The van der Waals surface area contributed by atoms with E-state index in [1.807, 2.05) is 0 Å². The molecule has 3 aliphatic heterocycles. The Morgan fingerprint density at radius 1 is 1.17 bits per heavy atom. The highest BCUT2D eigenvalue weighted by atomic mass is 16.6. The maximum Gasteiger partial charge on any atom is 0.309 e. The van der Waals surface area contributed by atoms with Crippen LogP contribution in [0, 0.1) is 11.3 Å². The van der Waals surface area contributed by atoms with Crippen LogP contribution in [0.4, 0.5) is 0 Å². The molecule has 5 aliphatic rings. The summed E-state index contributed by atoms with van der Waals surface area (Å²) < 4.78 is 11.3. The smallest absolute Gasteiger partial charge is 0.309 e. The number of epoxide rings is 1. The first-order valence-electron chi connectivity index (χ1n) is 7.21. The lowest BCUT2D eigenvalue weighted by molar-refractivity contribution is -0.195. The molecule has 0 aromatic heterocycles. The van der Waals surface area contributed by atoms with Gasteiger partial charge in [0.05, 0.1) is 29.8 Å². The van der Waals surface area contributed by atoms with Crippen molar-refractivity contribution in [1.29, 1.82) is 0 Å². The van der Waals surface area contributed by atoms with Crippen molar-refractivity contribution in [3.63, 3.8) is 0 Å². The summed E-state index contributed by atoms with van der Waals surface area (Å²) in [6.45, 7) is 0. The minimum absolute atomic E-state index is 0.230. The zero-order valence-corrected chi connectivity index (χ0v) is 10.5. The molecule has 18 heavy (non-hydrogen) atoms. The van der Waals surface area contributed by atoms with Crippen molar-refractivity contribution in [2.75, 3.05) is 0 Å². The monoisotopic (exact) mass is 252 g/mol. The van der Waals surface area contributed by atoms with Crippen molar-refractivity contribution >= 4 is 5.97 Å². The van der Waals surface area contributed by atoms with E-state index < -0.39 is 11.4 Å². The topological polar surface area (TPSA) is 59.1 Å². The van der Waals surface area contributed by atoms with Gasteiger partial charge in [-0.3, -0.25) is 4.79 Å². The highest BCUT2D eigenvalue weighted by molar-refractivity contribution is 5.75. The van der Waals surface area contributed by atoms with E-state index in [0.717, 1.165) is 44.9 Å². The highest BCUT2D eigenvalue weighted by Gasteiger charge is 2.56. The van der Waals surface area contributed by atoms with E-state index in [2.05, 4.69) is 0 Å². The molecule has 3 heterocycles. The van der Waals surface area contributed by atoms with Crippen LogP contribution in [0.2, 0.25) is 0 Å². The van der Waals surface area contributed by atoms with E-state index in [-0.39, 0.29) is 6.10 Å². The second-order valence-corrected chi connectivity index (χ2v) is 6.62. The maximum atomic E-state index is 11.7. The zero-order valence-electron chi connectivity index (χ0n) is 10.5. The van der Waals surface area contributed by atoms with Crippen molar-refractivity contribution in [2.24, 2.45) is 11.3 Å². The lowest BCUT2D eigenvalue weighted by Crippen LogP contribution is -2.50. The van der Waals surface area contributed by atoms with E-state index >= 15 is 0 Å². The number of fused-ring (bicyclic) bond motifs is 3. The molecule has 2 bridgehead atoms. The third-order valence-corrected chi connectivity index (χ3v) is 5.54. The van der Waals surface area contributed by atoms with Gasteiger partial charge in [0.2, 0.25) is 0 Å². The SMILES string of the molecule is O=C(O)C1(CC2CCC3CC2O3)CCC2OC2C1. The Bertz CT molecular complexity index is 373. The summed E-state index contributed by atoms with van der Waals surface area (Å²) >= 11 is 0. The van der Waals surface area contributed by atoms with Crippen molar-refractivity contribution in [1.82, 2.24) is 0 Å². The third kappa shape index (κ3) is 1.62. The van der Waals surface area contributed by atoms with Crippen LogP contribution in [-0.4, -0.2) is 35.5 Å². The molecular formula is C14H20O4. The summed E-state index contributed by atoms with van der Waals surface area (Å²) in [5, 5.41) is 9.66. The molecule has 6 unspecified atom stereocenters. The molecule has 5 fully saturated rings. The van der Waals surface area contributed by atoms with E-state index in [1.165, 1.54) is 0 Å². The molecule has 2 saturated carbocycles. The summed E-state index contributed by atoms with van der Waals surface area (Å²) in [6.07, 6.45) is 8.09. The van der Waals surface area contributed by atoms with Gasteiger partial charge in [0.15, 0.2) is 0 Å². The average Bonchev–Trinajstić information content (AvgIpc) is 3.06. The number of aliphatic carboxylic acids is 1. The fraction of sp³-hybridized carbons (Fsp3) is 0.929. The predicted molar refractivity (Wildman–Crippen MR) is 63.2 cm³/mol. The first kappa shape index (κ1) is 11.2. The van der Waals surface area contributed by atoms with Crippen molar-refractivity contribution in [2.45, 2.75) is 69.4 Å². The lowest BCUT2D eigenvalue weighted by atomic mass is 9.65. The van der Waals surface area contributed by atoms with Crippen LogP contribution in [-0.2, 0) is 14.3 Å². The molecule has 0 aromatic rings. The van der Waals surface area contributed by atoms with Crippen LogP contribution in [0.5, 0.6) is 0 Å². The van der Waals surface area contributed by atoms with Gasteiger partial charge in [0.25, 0.3) is 0 Å². The van der Waals surface area contributed by atoms with Crippen LogP contribution in [0.3, 0.4) is 0 Å². The molecule has 3 saturated heterocycles. The summed E-state index contributed by atoms with van der Waals surface area (Å²) in [7, 11) is 0. The number of carbonyl (C=O) groups is 1. The van der Waals surface area contributed by atoms with Gasteiger partial charge in [-0.05, 0) is 44.4 Å². The van der Waals surface area contributed by atoms with Gasteiger partial charge in [0.1, 0.15) is 0 Å². The summed E-state index contributed by atoms with van der Waals surface area (Å²) in [4.78, 5) is 11.7. The maximum absolute atomic E-state index is 11.7. The molecule has 5 rings (SSSR count). The predicted octanol–water partition coefficient (Wildman–Crippen LogP) is 1.97. The quantitative estimate of drug-likeness (QED) is 0.780. The zero-order chi connectivity index (χ0) is 12.3. The van der Waals surface area contributed by atoms with Gasteiger partial charge in [-0.25, -0.2) is 0 Å². The number of ether oxygens (including phenoxy) is 2. The first-order valence-corrected chi connectivity index (χ1v) is 7.21. The van der Waals surface area contributed by atoms with Crippen LogP contribution in [0.25, 0.3) is 0 Å². The third-order valence-electron chi connectivity index (χ3n) is 5.54. The van der Waals surface area contributed by atoms with Crippen molar-refractivity contribution in [3.8, 4) is 0 Å². The average molecular weight is 252 g/mol. The second kappa shape index (κ2) is 3.70. The Balaban J connectivity index is 1.50. The van der Waals surface area contributed by atoms with Gasteiger partial charge in [-0.15, -0.1) is 0 Å². The number of hydrogen-bond acceptors (Lipinski definition) is 3. The Hall–Kier alpha value is -0.610. The highest BCUT2D eigenvalue weighted by Crippen LogP contribution is 2.52. The number of carboxylic acids is 1. The summed E-state index contributed by atoms with van der Waals surface area (Å²) in [5.74, 6) is -0.153. The van der Waals surface area contributed by atoms with Crippen molar-refractivity contribution < 1.29 is 19.4 Å². The fourth-order valence-electron chi connectivity index (χ4n) is 4.29. The van der Waals surface area contributed by atoms with E-state index in [9.17, 15) is 9.90 Å². The second-order valence-electron chi connectivity index (χ2n) is 6.62. The molecule has 0 amide bonds. The minimum Gasteiger partial charge on any atom is -0.481 e. The van der Waals surface area contributed by atoms with Crippen LogP contribution in [0.15, 0.2) is 0 Å². The van der Waals surface area contributed by atoms with Crippen LogP contribution in [0.1, 0.15) is 44.9 Å². The molecule has 4 heteroatoms. The number of carboxylic acid groups (broad SMARTS) is 1. The minimum atomic E-state index is -0.613. The molecule has 0 aromatic carbocycles. The molecule has 4 nitrogen and oxygen atoms in total. The van der Waals surface area contributed by atoms with E-state index in [4.69, 9.17) is 9.47 Å².